The normalized spacial score (nSPS) is 10.9. The van der Waals surface area contributed by atoms with Crippen molar-refractivity contribution < 1.29 is 8.78 Å². The van der Waals surface area contributed by atoms with Crippen LogP contribution in [0, 0.1) is 11.6 Å². The van der Waals surface area contributed by atoms with Gasteiger partial charge in [0.05, 0.1) is 4.47 Å². The summed E-state index contributed by atoms with van der Waals surface area (Å²) in [6, 6.07) is 2.59. The maximum Gasteiger partial charge on any atom is 0.152 e. The lowest BCUT2D eigenvalue weighted by Gasteiger charge is -2.10. The molecule has 2 rings (SSSR count). The highest BCUT2D eigenvalue weighted by atomic mass is 79.9. The van der Waals surface area contributed by atoms with Gasteiger partial charge in [-0.05, 0) is 34.0 Å². The first-order chi connectivity index (χ1) is 8.08. The van der Waals surface area contributed by atoms with Crippen molar-refractivity contribution in [1.82, 2.24) is 4.98 Å². The van der Waals surface area contributed by atoms with Crippen molar-refractivity contribution in [3.63, 3.8) is 0 Å². The smallest absolute Gasteiger partial charge is 0.152 e. The van der Waals surface area contributed by atoms with Crippen LogP contribution in [0.4, 0.5) is 14.6 Å². The van der Waals surface area contributed by atoms with Gasteiger partial charge in [-0.2, -0.15) is 0 Å². The molecule has 0 amide bonds. The Labute approximate surface area is 106 Å². The van der Waals surface area contributed by atoms with Crippen LogP contribution in [0.3, 0.4) is 0 Å². The van der Waals surface area contributed by atoms with Crippen molar-refractivity contribution in [2.24, 2.45) is 0 Å². The van der Waals surface area contributed by atoms with E-state index in [1.807, 2.05) is 6.92 Å². The molecule has 0 bridgehead atoms. The summed E-state index contributed by atoms with van der Waals surface area (Å²) < 4.78 is 27.3. The lowest BCUT2D eigenvalue weighted by molar-refractivity contribution is 0.586. The Morgan fingerprint density at radius 1 is 1.29 bits per heavy atom. The highest BCUT2D eigenvalue weighted by molar-refractivity contribution is 9.10. The fraction of sp³-hybridized carbons (Fsp3) is 0.250. The third-order valence-electron chi connectivity index (χ3n) is 2.64. The molecule has 0 atom stereocenters. The third-order valence-corrected chi connectivity index (χ3v) is 3.45. The fourth-order valence-electron chi connectivity index (χ4n) is 1.76. The van der Waals surface area contributed by atoms with Gasteiger partial charge in [0.25, 0.3) is 0 Å². The predicted molar refractivity (Wildman–Crippen MR) is 68.3 cm³/mol. The van der Waals surface area contributed by atoms with E-state index in [0.717, 1.165) is 18.1 Å². The molecule has 1 N–H and O–H groups in total. The molecule has 1 aromatic heterocycles. The summed E-state index contributed by atoms with van der Waals surface area (Å²) in [6.07, 6.45) is 0.740. The maximum atomic E-state index is 13.6. The number of anilines is 1. The largest absolute Gasteiger partial charge is 0.373 e. The Hall–Kier alpha value is -1.23. The Morgan fingerprint density at radius 2 is 2.00 bits per heavy atom. The third kappa shape index (κ3) is 1.99. The lowest BCUT2D eigenvalue weighted by atomic mass is 10.1. The van der Waals surface area contributed by atoms with Crippen LogP contribution >= 0.6 is 15.9 Å². The summed E-state index contributed by atoms with van der Waals surface area (Å²) in [5.74, 6) is -0.645. The number of fused-ring (bicyclic) bond motifs is 1. The number of aromatic nitrogens is 1. The first-order valence-electron chi connectivity index (χ1n) is 5.23. The number of hydrogen-bond donors (Lipinski definition) is 1. The van der Waals surface area contributed by atoms with Crippen molar-refractivity contribution >= 4 is 32.7 Å². The van der Waals surface area contributed by atoms with E-state index in [4.69, 9.17) is 0 Å². The summed E-state index contributed by atoms with van der Waals surface area (Å²) in [4.78, 5) is 4.18. The Kier molecular flexibility index (Phi) is 3.28. The van der Waals surface area contributed by atoms with E-state index in [2.05, 4.69) is 26.2 Å². The number of halogens is 3. The zero-order chi connectivity index (χ0) is 12.6. The van der Waals surface area contributed by atoms with Crippen LogP contribution in [0.25, 0.3) is 10.9 Å². The number of pyridine rings is 1. The second kappa shape index (κ2) is 4.56. The number of aryl methyl sites for hydroxylation is 1. The molecule has 0 aliphatic heterocycles. The van der Waals surface area contributed by atoms with Crippen LogP contribution in [0.15, 0.2) is 16.6 Å². The van der Waals surface area contributed by atoms with E-state index in [0.29, 0.717) is 11.2 Å². The summed E-state index contributed by atoms with van der Waals surface area (Å²) in [6.45, 7) is 1.97. The highest BCUT2D eigenvalue weighted by Gasteiger charge is 2.14. The number of hydrogen-bond acceptors (Lipinski definition) is 2. The predicted octanol–water partition coefficient (Wildman–Crippen LogP) is 3.88. The Balaban J connectivity index is 2.87. The molecule has 0 fully saturated rings. The quantitative estimate of drug-likeness (QED) is 0.852. The summed E-state index contributed by atoms with van der Waals surface area (Å²) >= 11 is 3.12. The highest BCUT2D eigenvalue weighted by Crippen LogP contribution is 2.31. The summed E-state index contributed by atoms with van der Waals surface area (Å²) in [5, 5.41) is 3.37. The standard InChI is InChI=1S/C12H11BrF2N2/c1-3-6-4-7-10(13)8(14)5-9(15)11(7)17-12(6)16-2/h4-5H,3H2,1-2H3,(H,16,17). The second-order valence-electron chi connectivity index (χ2n) is 3.65. The molecule has 0 unspecified atom stereocenters. The van der Waals surface area contributed by atoms with E-state index < -0.39 is 11.6 Å². The molecule has 0 saturated heterocycles. The summed E-state index contributed by atoms with van der Waals surface area (Å²) in [5.41, 5.74) is 1.09. The monoisotopic (exact) mass is 300 g/mol. The molecule has 0 spiro atoms. The number of nitrogens with one attached hydrogen (secondary N) is 1. The number of nitrogens with zero attached hydrogens (tertiary/aromatic N) is 1. The van der Waals surface area contributed by atoms with E-state index in [1.165, 1.54) is 0 Å². The molecule has 0 radical (unpaired) electrons. The van der Waals surface area contributed by atoms with E-state index in [-0.39, 0.29) is 9.99 Å². The zero-order valence-electron chi connectivity index (χ0n) is 9.44. The number of benzene rings is 1. The average Bonchev–Trinajstić information content (AvgIpc) is 2.34. The summed E-state index contributed by atoms with van der Waals surface area (Å²) in [7, 11) is 1.73. The minimum atomic E-state index is -0.653. The van der Waals surface area contributed by atoms with Gasteiger partial charge < -0.3 is 5.32 Å². The van der Waals surface area contributed by atoms with Gasteiger partial charge >= 0.3 is 0 Å². The van der Waals surface area contributed by atoms with E-state index in [9.17, 15) is 8.78 Å². The fourth-order valence-corrected chi connectivity index (χ4v) is 2.18. The SMILES string of the molecule is CCc1cc2c(Br)c(F)cc(F)c2nc1NC. The Bertz CT molecular complexity index is 584. The molecule has 1 aromatic carbocycles. The molecule has 0 aliphatic carbocycles. The van der Waals surface area contributed by atoms with Crippen molar-refractivity contribution in [2.75, 3.05) is 12.4 Å². The molecule has 2 nitrogen and oxygen atoms in total. The molecular weight excluding hydrogens is 290 g/mol. The van der Waals surface area contributed by atoms with Crippen molar-refractivity contribution in [2.45, 2.75) is 13.3 Å². The van der Waals surface area contributed by atoms with Crippen LogP contribution in [-0.2, 0) is 6.42 Å². The van der Waals surface area contributed by atoms with Crippen molar-refractivity contribution in [3.05, 3.63) is 33.8 Å². The van der Waals surface area contributed by atoms with Crippen LogP contribution < -0.4 is 5.32 Å². The molecule has 2 aromatic rings. The maximum absolute atomic E-state index is 13.6. The first-order valence-corrected chi connectivity index (χ1v) is 6.02. The lowest BCUT2D eigenvalue weighted by Crippen LogP contribution is -2.00. The van der Waals surface area contributed by atoms with Crippen molar-refractivity contribution in [3.8, 4) is 0 Å². The average molecular weight is 301 g/mol. The molecule has 0 saturated carbocycles. The molecule has 5 heteroatoms. The molecule has 0 aliphatic rings. The van der Waals surface area contributed by atoms with Crippen LogP contribution in [0.5, 0.6) is 0 Å². The molecular formula is C12H11BrF2N2. The van der Waals surface area contributed by atoms with Crippen LogP contribution in [0.1, 0.15) is 12.5 Å². The topological polar surface area (TPSA) is 24.9 Å². The molecule has 1 heterocycles. The number of rotatable bonds is 2. The van der Waals surface area contributed by atoms with Crippen molar-refractivity contribution in [1.29, 1.82) is 0 Å². The second-order valence-corrected chi connectivity index (χ2v) is 4.44. The Morgan fingerprint density at radius 3 is 2.59 bits per heavy atom. The van der Waals surface area contributed by atoms with Gasteiger partial charge in [-0.3, -0.25) is 0 Å². The van der Waals surface area contributed by atoms with E-state index >= 15 is 0 Å². The first kappa shape index (κ1) is 12.2. The van der Waals surface area contributed by atoms with Gasteiger partial charge in [0.1, 0.15) is 17.2 Å². The van der Waals surface area contributed by atoms with Gasteiger partial charge in [-0.25, -0.2) is 13.8 Å². The zero-order valence-corrected chi connectivity index (χ0v) is 11.0. The van der Waals surface area contributed by atoms with E-state index in [1.54, 1.807) is 13.1 Å². The minimum absolute atomic E-state index is 0.167. The minimum Gasteiger partial charge on any atom is -0.373 e. The van der Waals surface area contributed by atoms with Crippen LogP contribution in [-0.4, -0.2) is 12.0 Å². The van der Waals surface area contributed by atoms with Crippen LogP contribution in [0.2, 0.25) is 0 Å². The van der Waals surface area contributed by atoms with Gasteiger partial charge in [0.2, 0.25) is 0 Å². The molecule has 90 valence electrons. The van der Waals surface area contributed by atoms with Gasteiger partial charge in [-0.1, -0.05) is 6.92 Å². The molecule has 17 heavy (non-hydrogen) atoms. The van der Waals surface area contributed by atoms with Gasteiger partial charge in [-0.15, -0.1) is 0 Å². The van der Waals surface area contributed by atoms with Gasteiger partial charge in [0.15, 0.2) is 5.82 Å². The van der Waals surface area contributed by atoms with Gasteiger partial charge in [0, 0.05) is 18.5 Å².